The first kappa shape index (κ1) is 43.3. The van der Waals surface area contributed by atoms with Crippen LogP contribution in [0.25, 0.3) is 21.8 Å². The first-order valence-corrected chi connectivity index (χ1v) is 22.5. The second-order valence-electron chi connectivity index (χ2n) is 18.4. The van der Waals surface area contributed by atoms with E-state index in [4.69, 9.17) is 16.3 Å². The van der Waals surface area contributed by atoms with E-state index in [0.717, 1.165) is 0 Å². The summed E-state index contributed by atoms with van der Waals surface area (Å²) in [4.78, 5) is 50.6. The first-order valence-electron chi connectivity index (χ1n) is 22.1. The minimum absolute atomic E-state index is 0.0142. The van der Waals surface area contributed by atoms with Gasteiger partial charge >= 0.3 is 5.92 Å². The number of fused-ring (bicyclic) bond motifs is 4. The lowest BCUT2D eigenvalue weighted by molar-refractivity contribution is -0.134. The van der Waals surface area contributed by atoms with Crippen LogP contribution in [0, 0.1) is 29.4 Å². The molecule has 1 saturated carbocycles. The smallest absolute Gasteiger partial charge is 0.301 e. The molecule has 20 heteroatoms. The number of halogens is 6. The summed E-state index contributed by atoms with van der Waals surface area (Å²) in [6.07, 6.45) is 2.76. The third-order valence-corrected chi connectivity index (χ3v) is 14.4. The number of ether oxygens (including phenoxy) is 1. The van der Waals surface area contributed by atoms with E-state index in [1.807, 2.05) is 6.92 Å². The summed E-state index contributed by atoms with van der Waals surface area (Å²) in [5.41, 5.74) is 1.03. The van der Waals surface area contributed by atoms with Gasteiger partial charge in [0.15, 0.2) is 18.2 Å². The molecule has 5 atom stereocenters. The van der Waals surface area contributed by atoms with E-state index in [-0.39, 0.29) is 93.4 Å². The van der Waals surface area contributed by atoms with Gasteiger partial charge in [-0.3, -0.25) is 24.4 Å². The van der Waals surface area contributed by atoms with Gasteiger partial charge in [-0.05, 0) is 87.2 Å². The van der Waals surface area contributed by atoms with E-state index in [2.05, 4.69) is 35.9 Å². The number of carbonyl (C=O) groups is 2. The number of anilines is 4. The van der Waals surface area contributed by atoms with Crippen LogP contribution >= 0.6 is 11.6 Å². The summed E-state index contributed by atoms with van der Waals surface area (Å²) in [6, 6.07) is 5.21. The number of amides is 2. The molecule has 344 valence electrons. The Balaban J connectivity index is 0.804. The number of pyridine rings is 1. The highest BCUT2D eigenvalue weighted by atomic mass is 35.5. The number of benzene rings is 2. The molecular weight excluding hydrogens is 875 g/mol. The lowest BCUT2D eigenvalue weighted by atomic mass is 9.83. The maximum Gasteiger partial charge on any atom is 0.301 e. The van der Waals surface area contributed by atoms with Gasteiger partial charge in [0.1, 0.15) is 22.5 Å². The van der Waals surface area contributed by atoms with Crippen LogP contribution in [-0.4, -0.2) is 98.5 Å². The normalized spacial score (nSPS) is 25.2. The summed E-state index contributed by atoms with van der Waals surface area (Å²) < 4.78 is 86.9. The van der Waals surface area contributed by atoms with Crippen LogP contribution in [-0.2, 0) is 23.7 Å². The Kier molecular flexibility index (Phi) is 10.9. The van der Waals surface area contributed by atoms with Crippen molar-refractivity contribution in [3.63, 3.8) is 0 Å². The topological polar surface area (TPSA) is 152 Å². The number of likely N-dealkylation sites (tertiary alicyclic amines) is 1. The van der Waals surface area contributed by atoms with Crippen LogP contribution in [0.15, 0.2) is 35.3 Å². The molecule has 4 aliphatic heterocycles. The fourth-order valence-corrected chi connectivity index (χ4v) is 10.6. The highest BCUT2D eigenvalue weighted by Crippen LogP contribution is 2.46. The van der Waals surface area contributed by atoms with Crippen molar-refractivity contribution < 1.29 is 36.3 Å². The van der Waals surface area contributed by atoms with Crippen LogP contribution in [0.4, 0.5) is 45.1 Å². The molecule has 7 heterocycles. The Hall–Kier alpha value is -5.56. The predicted octanol–water partition coefficient (Wildman–Crippen LogP) is 6.92. The maximum atomic E-state index is 16.2. The molecule has 65 heavy (non-hydrogen) atoms. The van der Waals surface area contributed by atoms with Crippen LogP contribution < -0.4 is 31.1 Å². The van der Waals surface area contributed by atoms with Gasteiger partial charge in [-0.2, -0.15) is 10.1 Å². The Morgan fingerprint density at radius 2 is 1.78 bits per heavy atom. The largest absolute Gasteiger partial charge is 0.480 e. The number of hydrogen-bond donors (Lipinski definition) is 3. The zero-order chi connectivity index (χ0) is 45.6. The van der Waals surface area contributed by atoms with Crippen LogP contribution in [0.1, 0.15) is 68.5 Å². The number of alkyl halides is 3. The lowest BCUT2D eigenvalue weighted by Gasteiger charge is -2.42. The molecule has 2 amide bonds. The number of carbonyl (C=O) groups excluding carboxylic acids is 2. The number of aryl methyl sites for hydroxylation is 2. The Labute approximate surface area is 374 Å². The molecule has 5 aliphatic rings. The van der Waals surface area contributed by atoms with E-state index in [1.54, 1.807) is 37.2 Å². The number of nitrogens with one attached hydrogen (secondary N) is 3. The quantitative estimate of drug-likeness (QED) is 0.110. The summed E-state index contributed by atoms with van der Waals surface area (Å²) >= 11 is 6.59. The highest BCUT2D eigenvalue weighted by molar-refractivity contribution is 6.33. The first-order chi connectivity index (χ1) is 31.1. The van der Waals surface area contributed by atoms with Gasteiger partial charge in [0.2, 0.25) is 23.5 Å². The van der Waals surface area contributed by atoms with Crippen molar-refractivity contribution in [1.82, 2.24) is 34.5 Å². The van der Waals surface area contributed by atoms with Gasteiger partial charge in [-0.1, -0.05) is 18.5 Å². The molecule has 0 spiro atoms. The Morgan fingerprint density at radius 1 is 1.02 bits per heavy atom. The average molecular weight is 923 g/mol. The zero-order valence-electron chi connectivity index (χ0n) is 35.9. The predicted molar refractivity (Wildman–Crippen MR) is 234 cm³/mol. The molecule has 4 fully saturated rings. The SMILES string of the molecule is C[C@H]1CN(c2ncc(Cl)c(Nc3ccc4c(c3)c3c(c(=O)n4C)OCC(F)(F)[C@H](C4CC4)N3)n2)C[C@@H](F)[C@H]1CN1CCC(c2c(F)cc3c(C4CCC(=O)NC4=O)nn(C)c3c2F)CC1. The van der Waals surface area contributed by atoms with E-state index in [1.165, 1.54) is 21.5 Å². The standard InChI is InChI=1S/C45H48ClF5N10O4/c1-21-17-61(44-52-16-29(46)41(56-44)53-24-6-8-32-26(14-24)37-39(43(64)58(32)2)65-20-45(50,51)40(55-37)23-4-5-23)19-31(48)28(21)18-60-12-10-22(11-13-60)34-30(47)15-27-36(57-59(3)38(27)35(34)49)25-7-9-33(62)54-42(25)63/h6,8,14-16,21-23,25,28,31,40,55H,4-5,7,9-13,17-20H2,1-3H3,(H,52,53,56)(H,54,62,63)/t21-,25?,28-,31+,40-/m0/s1. The Bertz CT molecular complexity index is 2800. The molecule has 1 unspecified atom stereocenters. The second-order valence-corrected chi connectivity index (χ2v) is 18.8. The van der Waals surface area contributed by atoms with Gasteiger partial charge in [-0.15, -0.1) is 0 Å². The number of imide groups is 1. The van der Waals surface area contributed by atoms with Gasteiger partial charge < -0.3 is 29.7 Å². The molecule has 3 N–H and O–H groups in total. The van der Waals surface area contributed by atoms with Gasteiger partial charge in [0, 0.05) is 61.5 Å². The fourth-order valence-electron chi connectivity index (χ4n) is 10.4. The maximum absolute atomic E-state index is 16.2. The van der Waals surface area contributed by atoms with Crippen LogP contribution in [0.5, 0.6) is 5.75 Å². The van der Waals surface area contributed by atoms with Crippen molar-refractivity contribution in [2.75, 3.05) is 54.9 Å². The van der Waals surface area contributed by atoms with Crippen molar-refractivity contribution in [3.05, 3.63) is 68.7 Å². The average Bonchev–Trinajstić information content (AvgIpc) is 4.07. The molecular formula is C45H48ClF5N10O4. The van der Waals surface area contributed by atoms with Crippen molar-refractivity contribution >= 4 is 68.4 Å². The zero-order valence-corrected chi connectivity index (χ0v) is 36.7. The fraction of sp³-hybridized carbons (Fsp3) is 0.511. The molecule has 3 aromatic heterocycles. The minimum atomic E-state index is -3.18. The monoisotopic (exact) mass is 922 g/mol. The van der Waals surface area contributed by atoms with Crippen molar-refractivity contribution in [3.8, 4) is 5.75 Å². The summed E-state index contributed by atoms with van der Waals surface area (Å²) in [6.45, 7) is 3.07. The minimum Gasteiger partial charge on any atom is -0.480 e. The van der Waals surface area contributed by atoms with E-state index < -0.39 is 59.7 Å². The summed E-state index contributed by atoms with van der Waals surface area (Å²) in [5.74, 6) is -7.03. The molecule has 3 saturated heterocycles. The summed E-state index contributed by atoms with van der Waals surface area (Å²) in [5, 5.41) is 13.8. The van der Waals surface area contributed by atoms with Crippen molar-refractivity contribution in [1.29, 1.82) is 0 Å². The molecule has 5 aromatic rings. The molecule has 14 nitrogen and oxygen atoms in total. The number of nitrogens with zero attached hydrogens (tertiary/aromatic N) is 7. The molecule has 10 rings (SSSR count). The van der Waals surface area contributed by atoms with Crippen molar-refractivity contribution in [2.45, 2.75) is 75.4 Å². The number of hydrogen-bond acceptors (Lipinski definition) is 11. The van der Waals surface area contributed by atoms with Gasteiger partial charge in [0.25, 0.3) is 5.56 Å². The van der Waals surface area contributed by atoms with Crippen LogP contribution in [0.3, 0.4) is 0 Å². The number of piperidine rings is 3. The van der Waals surface area contributed by atoms with E-state index in [9.17, 15) is 14.4 Å². The van der Waals surface area contributed by atoms with Gasteiger partial charge in [0.05, 0.1) is 41.6 Å². The second kappa shape index (κ2) is 16.4. The number of rotatable bonds is 8. The highest BCUT2D eigenvalue weighted by Gasteiger charge is 2.51. The van der Waals surface area contributed by atoms with Gasteiger partial charge in [-0.25, -0.2) is 26.9 Å². The Morgan fingerprint density at radius 3 is 2.51 bits per heavy atom. The molecule has 0 bridgehead atoms. The molecule has 1 aliphatic carbocycles. The number of aromatic nitrogens is 5. The lowest BCUT2D eigenvalue weighted by Crippen LogP contribution is -2.51. The van der Waals surface area contributed by atoms with E-state index >= 15 is 22.0 Å². The molecule has 2 aromatic carbocycles. The van der Waals surface area contributed by atoms with Crippen molar-refractivity contribution in [2.24, 2.45) is 31.8 Å². The summed E-state index contributed by atoms with van der Waals surface area (Å²) in [7, 11) is 3.11. The third-order valence-electron chi connectivity index (χ3n) is 14.1. The van der Waals surface area contributed by atoms with E-state index in [0.29, 0.717) is 68.5 Å². The molecule has 0 radical (unpaired) electrons. The van der Waals surface area contributed by atoms with Crippen LogP contribution in [0.2, 0.25) is 5.02 Å². The third kappa shape index (κ3) is 7.80.